The minimum atomic E-state index is -5.95. The van der Waals surface area contributed by atoms with Crippen molar-refractivity contribution >= 4 is 26.8 Å². The molecule has 0 spiro atoms. The van der Waals surface area contributed by atoms with Crippen molar-refractivity contribution in [2.45, 2.75) is 30.1 Å². The van der Waals surface area contributed by atoms with Crippen molar-refractivity contribution in [2.24, 2.45) is 0 Å². The van der Waals surface area contributed by atoms with Crippen LogP contribution in [0.4, 0.5) is 22.0 Å². The molecular formula is C17H12F5N3O4S. The van der Waals surface area contributed by atoms with Gasteiger partial charge in [0.2, 0.25) is 0 Å². The second kappa shape index (κ2) is 7.63. The van der Waals surface area contributed by atoms with Crippen LogP contribution in [0.3, 0.4) is 0 Å². The average molecular weight is 449 g/mol. The van der Waals surface area contributed by atoms with Crippen molar-refractivity contribution in [2.75, 3.05) is 0 Å². The number of pyridine rings is 1. The summed E-state index contributed by atoms with van der Waals surface area (Å²) >= 11 is 0. The molecule has 0 aliphatic heterocycles. The summed E-state index contributed by atoms with van der Waals surface area (Å²) in [4.78, 5) is 19.5. The number of hydrogen-bond donors (Lipinski definition) is 0. The monoisotopic (exact) mass is 449 g/mol. The van der Waals surface area contributed by atoms with E-state index >= 15 is 0 Å². The zero-order valence-corrected chi connectivity index (χ0v) is 15.8. The van der Waals surface area contributed by atoms with Gasteiger partial charge in [-0.25, -0.2) is 23.2 Å². The number of ether oxygens (including phenoxy) is 1. The van der Waals surface area contributed by atoms with Crippen LogP contribution in [-0.2, 0) is 14.6 Å². The van der Waals surface area contributed by atoms with Gasteiger partial charge in [0.1, 0.15) is 0 Å². The number of halogens is 5. The fourth-order valence-corrected chi connectivity index (χ4v) is 3.56. The second-order valence-corrected chi connectivity index (χ2v) is 7.82. The number of rotatable bonds is 5. The van der Waals surface area contributed by atoms with Crippen LogP contribution >= 0.6 is 0 Å². The van der Waals surface area contributed by atoms with Crippen molar-refractivity contribution < 1.29 is 39.9 Å². The van der Waals surface area contributed by atoms with E-state index in [0.717, 1.165) is 18.3 Å². The molecule has 160 valence electrons. The molecule has 0 aliphatic carbocycles. The molecule has 7 nitrogen and oxygen atoms in total. The molecule has 13 heteroatoms. The van der Waals surface area contributed by atoms with E-state index in [2.05, 4.69) is 9.97 Å². The van der Waals surface area contributed by atoms with E-state index in [9.17, 15) is 35.2 Å². The highest BCUT2D eigenvalue weighted by Gasteiger charge is 2.49. The number of carbonyl (C=O) groups excluding carboxylic acids is 1. The first-order valence-corrected chi connectivity index (χ1v) is 9.66. The van der Waals surface area contributed by atoms with Gasteiger partial charge < -0.3 is 4.74 Å². The summed E-state index contributed by atoms with van der Waals surface area (Å²) in [5, 5.41) is -1.54. The number of alkyl halides is 5. The topological polar surface area (TPSA) is 91.2 Å². The van der Waals surface area contributed by atoms with E-state index < -0.39 is 44.6 Å². The Labute approximate surface area is 166 Å². The summed E-state index contributed by atoms with van der Waals surface area (Å²) < 4.78 is 94.5. The fraction of sp³-hybridized carbons (Fsp3) is 0.235. The predicted molar refractivity (Wildman–Crippen MR) is 92.3 cm³/mol. The molecule has 3 aromatic rings. The van der Waals surface area contributed by atoms with Crippen molar-refractivity contribution in [1.29, 1.82) is 0 Å². The molecule has 0 aliphatic rings. The Morgan fingerprint density at radius 2 is 1.80 bits per heavy atom. The molecule has 0 bridgehead atoms. The summed E-state index contributed by atoms with van der Waals surface area (Å²) in [6.45, 7) is -1.88. The van der Waals surface area contributed by atoms with E-state index in [4.69, 9.17) is 4.74 Å². The maximum atomic E-state index is 13.5. The Hall–Kier alpha value is -3.09. The third-order valence-electron chi connectivity index (χ3n) is 4.02. The van der Waals surface area contributed by atoms with Crippen LogP contribution in [0.1, 0.15) is 35.8 Å². The van der Waals surface area contributed by atoms with Crippen LogP contribution in [0.2, 0.25) is 0 Å². The number of fused-ring (bicyclic) bond motifs is 1. The summed E-state index contributed by atoms with van der Waals surface area (Å²) in [6.07, 6.45) is -0.685. The number of hydrogen-bond acceptors (Lipinski definition) is 6. The summed E-state index contributed by atoms with van der Waals surface area (Å²) in [5.74, 6) is -1.87. The number of nitrogens with zero attached hydrogens (tertiary/aromatic N) is 3. The van der Waals surface area contributed by atoms with E-state index in [1.54, 1.807) is 6.07 Å². The molecule has 3 rings (SSSR count). The Kier molecular flexibility index (Phi) is 5.50. The zero-order chi connectivity index (χ0) is 22.3. The third-order valence-corrected chi connectivity index (χ3v) is 5.46. The van der Waals surface area contributed by atoms with Crippen molar-refractivity contribution in [3.8, 4) is 0 Å². The highest BCUT2D eigenvalue weighted by molar-refractivity contribution is 7.92. The van der Waals surface area contributed by atoms with E-state index in [1.165, 1.54) is 25.1 Å². The normalized spacial score (nSPS) is 13.6. The maximum Gasteiger partial charge on any atom is 0.503 e. The van der Waals surface area contributed by atoms with E-state index in [1.807, 2.05) is 0 Å². The number of imidazole rings is 1. The van der Waals surface area contributed by atoms with Crippen molar-refractivity contribution in [3.05, 3.63) is 54.0 Å². The molecule has 0 fully saturated rings. The number of aromatic nitrogens is 3. The Balaban J connectivity index is 1.99. The van der Waals surface area contributed by atoms with Crippen LogP contribution in [0, 0.1) is 0 Å². The molecule has 0 radical (unpaired) electrons. The first-order chi connectivity index (χ1) is 13.9. The molecule has 0 saturated heterocycles. The summed E-state index contributed by atoms with van der Waals surface area (Å²) in [6, 6.07) is 7.66. The minimum Gasteiger partial charge on any atom is -0.451 e. The number of carbonyl (C=O) groups is 1. The van der Waals surface area contributed by atoms with Gasteiger partial charge in [-0.3, -0.25) is 4.57 Å². The van der Waals surface area contributed by atoms with Gasteiger partial charge in [-0.05, 0) is 31.2 Å². The lowest BCUT2D eigenvalue weighted by molar-refractivity contribution is -0.0438. The smallest absolute Gasteiger partial charge is 0.451 e. The van der Waals surface area contributed by atoms with Crippen molar-refractivity contribution in [1.82, 2.24) is 14.5 Å². The van der Waals surface area contributed by atoms with Crippen molar-refractivity contribution in [3.63, 3.8) is 0 Å². The molecule has 1 atom stereocenters. The number of para-hydroxylation sites is 2. The molecule has 0 saturated carbocycles. The first-order valence-electron chi connectivity index (χ1n) is 8.17. The Morgan fingerprint density at radius 3 is 2.43 bits per heavy atom. The van der Waals surface area contributed by atoms with Gasteiger partial charge in [-0.1, -0.05) is 12.1 Å². The van der Waals surface area contributed by atoms with Gasteiger partial charge in [0.15, 0.2) is 17.0 Å². The fourth-order valence-electron chi connectivity index (χ4n) is 2.70. The molecule has 30 heavy (non-hydrogen) atoms. The lowest BCUT2D eigenvalue weighted by Gasteiger charge is -2.16. The molecule has 2 aromatic heterocycles. The highest BCUT2D eigenvalue weighted by Crippen LogP contribution is 2.32. The van der Waals surface area contributed by atoms with Crippen LogP contribution in [0.15, 0.2) is 47.6 Å². The predicted octanol–water partition coefficient (Wildman–Crippen LogP) is 4.04. The quantitative estimate of drug-likeness (QED) is 0.431. The van der Waals surface area contributed by atoms with Crippen LogP contribution in [0.25, 0.3) is 11.0 Å². The van der Waals surface area contributed by atoms with E-state index in [0.29, 0.717) is 4.57 Å². The number of esters is 1. The summed E-state index contributed by atoms with van der Waals surface area (Å²) in [7, 11) is -5.95. The SMILES string of the molecule is CC(OC(=O)c1cccnc1S(=O)(=O)C(F)(F)F)c1nc2ccccc2n1C(F)F. The minimum absolute atomic E-state index is 0.0483. The van der Waals surface area contributed by atoms with Gasteiger partial charge in [0, 0.05) is 6.20 Å². The number of sulfone groups is 1. The largest absolute Gasteiger partial charge is 0.503 e. The molecule has 0 amide bonds. The molecule has 2 heterocycles. The van der Waals surface area contributed by atoms with Gasteiger partial charge in [-0.15, -0.1) is 0 Å². The van der Waals surface area contributed by atoms with Gasteiger partial charge in [0.25, 0.3) is 9.84 Å². The molecule has 1 aromatic carbocycles. The third kappa shape index (κ3) is 3.72. The Morgan fingerprint density at radius 1 is 1.13 bits per heavy atom. The lowest BCUT2D eigenvalue weighted by Crippen LogP contribution is -2.27. The lowest BCUT2D eigenvalue weighted by atomic mass is 10.3. The van der Waals surface area contributed by atoms with Gasteiger partial charge in [0.05, 0.1) is 16.6 Å². The van der Waals surface area contributed by atoms with Crippen LogP contribution in [-0.4, -0.2) is 34.4 Å². The van der Waals surface area contributed by atoms with Gasteiger partial charge >= 0.3 is 18.0 Å². The summed E-state index contributed by atoms with van der Waals surface area (Å²) in [5.41, 5.74) is -6.46. The molecule has 0 N–H and O–H groups in total. The maximum absolute atomic E-state index is 13.5. The van der Waals surface area contributed by atoms with E-state index in [-0.39, 0.29) is 16.9 Å². The Bertz CT molecular complexity index is 1210. The number of benzene rings is 1. The molecule has 1 unspecified atom stereocenters. The standard InChI is InChI=1S/C17H12F5N3O4S/c1-9(13-24-11-6-2-3-7-12(11)25(13)16(18)19)29-15(26)10-5-4-8-23-14(10)30(27,28)17(20,21)22/h2-9,16H,1H3. The average Bonchev–Trinajstić information content (AvgIpc) is 3.07. The highest BCUT2D eigenvalue weighted by atomic mass is 32.2. The van der Waals surface area contributed by atoms with Crippen LogP contribution in [0.5, 0.6) is 0 Å². The zero-order valence-electron chi connectivity index (χ0n) is 15.0. The first kappa shape index (κ1) is 21.6. The van der Waals surface area contributed by atoms with Crippen LogP contribution < -0.4 is 0 Å². The molecular weight excluding hydrogens is 437 g/mol. The van der Waals surface area contributed by atoms with Gasteiger partial charge in [-0.2, -0.15) is 22.0 Å². The second-order valence-electron chi connectivity index (χ2n) is 5.96.